The van der Waals surface area contributed by atoms with Crippen molar-refractivity contribution in [2.24, 2.45) is 0 Å². The number of Topliss-reactive ketones (excluding diaryl/α,β-unsaturated/α-hetero) is 1. The molecule has 0 aliphatic carbocycles. The van der Waals surface area contributed by atoms with Crippen LogP contribution in [0.25, 0.3) is 0 Å². The van der Waals surface area contributed by atoms with Crippen LogP contribution in [0.5, 0.6) is 0 Å². The molecule has 4 nitrogen and oxygen atoms in total. The van der Waals surface area contributed by atoms with Crippen LogP contribution in [0.15, 0.2) is 34.9 Å². The molecule has 0 radical (unpaired) electrons. The van der Waals surface area contributed by atoms with Gasteiger partial charge in [-0.05, 0) is 12.5 Å². The summed E-state index contributed by atoms with van der Waals surface area (Å²) in [4.78, 5) is 15.0. The Labute approximate surface area is 93.3 Å². The van der Waals surface area contributed by atoms with E-state index in [9.17, 15) is 4.79 Å². The molecule has 4 heteroatoms. The average Bonchev–Trinajstić information content (AvgIpc) is 2.66. The van der Waals surface area contributed by atoms with Crippen LogP contribution in [-0.2, 0) is 17.6 Å². The molecular formula is C12H12N2O2. The van der Waals surface area contributed by atoms with Crippen LogP contribution in [0.2, 0.25) is 0 Å². The van der Waals surface area contributed by atoms with Crippen LogP contribution in [0.4, 0.5) is 0 Å². The summed E-state index contributed by atoms with van der Waals surface area (Å²) in [5.41, 5.74) is 1.11. The smallest absolute Gasteiger partial charge is 0.231 e. The molecule has 0 spiro atoms. The van der Waals surface area contributed by atoms with E-state index in [0.29, 0.717) is 18.1 Å². The van der Waals surface area contributed by atoms with E-state index in [2.05, 4.69) is 10.1 Å². The topological polar surface area (TPSA) is 56.0 Å². The molecule has 0 N–H and O–H groups in total. The highest BCUT2D eigenvalue weighted by Crippen LogP contribution is 2.07. The molecule has 1 aromatic carbocycles. The fraction of sp³-hybridized carbons (Fsp3) is 0.250. The third-order valence-corrected chi connectivity index (χ3v) is 2.12. The number of aromatic nitrogens is 2. The lowest BCUT2D eigenvalue weighted by atomic mass is 10.1. The van der Waals surface area contributed by atoms with E-state index in [4.69, 9.17) is 4.52 Å². The first kappa shape index (κ1) is 10.5. The minimum absolute atomic E-state index is 0.0343. The van der Waals surface area contributed by atoms with Gasteiger partial charge in [-0.1, -0.05) is 35.5 Å². The quantitative estimate of drug-likeness (QED) is 0.781. The molecule has 0 aliphatic heterocycles. The Morgan fingerprint density at radius 1 is 1.31 bits per heavy atom. The fourth-order valence-corrected chi connectivity index (χ4v) is 1.43. The number of benzene rings is 1. The van der Waals surface area contributed by atoms with Gasteiger partial charge in [0.1, 0.15) is 5.78 Å². The van der Waals surface area contributed by atoms with Crippen molar-refractivity contribution in [1.29, 1.82) is 0 Å². The van der Waals surface area contributed by atoms with Crippen molar-refractivity contribution in [1.82, 2.24) is 10.1 Å². The number of nitrogens with zero attached hydrogens (tertiary/aromatic N) is 2. The van der Waals surface area contributed by atoms with Crippen LogP contribution < -0.4 is 0 Å². The SMILES string of the molecule is CC(=O)Cc1noc(Cc2ccccc2)n1. The Balaban J connectivity index is 2.06. The lowest BCUT2D eigenvalue weighted by molar-refractivity contribution is -0.116. The first-order valence-electron chi connectivity index (χ1n) is 5.09. The molecule has 2 rings (SSSR count). The van der Waals surface area contributed by atoms with Crippen molar-refractivity contribution in [3.63, 3.8) is 0 Å². The van der Waals surface area contributed by atoms with Crippen LogP contribution in [0.1, 0.15) is 24.2 Å². The highest BCUT2D eigenvalue weighted by atomic mass is 16.5. The molecule has 0 saturated heterocycles. The van der Waals surface area contributed by atoms with Crippen molar-refractivity contribution in [2.75, 3.05) is 0 Å². The third kappa shape index (κ3) is 2.76. The minimum atomic E-state index is 0.0343. The number of hydrogen-bond donors (Lipinski definition) is 0. The van der Waals surface area contributed by atoms with Gasteiger partial charge in [0.2, 0.25) is 5.89 Å². The highest BCUT2D eigenvalue weighted by molar-refractivity contribution is 5.77. The van der Waals surface area contributed by atoms with E-state index >= 15 is 0 Å². The van der Waals surface area contributed by atoms with E-state index < -0.39 is 0 Å². The van der Waals surface area contributed by atoms with E-state index in [-0.39, 0.29) is 12.2 Å². The Morgan fingerprint density at radius 3 is 2.75 bits per heavy atom. The second-order valence-corrected chi connectivity index (χ2v) is 3.65. The summed E-state index contributed by atoms with van der Waals surface area (Å²) in [6, 6.07) is 9.87. The lowest BCUT2D eigenvalue weighted by Gasteiger charge is -1.93. The van der Waals surface area contributed by atoms with Crippen molar-refractivity contribution in [3.8, 4) is 0 Å². The number of carbonyl (C=O) groups excluding carboxylic acids is 1. The van der Waals surface area contributed by atoms with Gasteiger partial charge in [0.15, 0.2) is 5.82 Å². The summed E-state index contributed by atoms with van der Waals surface area (Å²) in [6.45, 7) is 1.51. The minimum Gasteiger partial charge on any atom is -0.339 e. The molecule has 0 saturated carbocycles. The summed E-state index contributed by atoms with van der Waals surface area (Å²) >= 11 is 0. The van der Waals surface area contributed by atoms with Crippen LogP contribution in [0.3, 0.4) is 0 Å². The Hall–Kier alpha value is -1.97. The lowest BCUT2D eigenvalue weighted by Crippen LogP contribution is -1.98. The van der Waals surface area contributed by atoms with Gasteiger partial charge in [-0.3, -0.25) is 4.79 Å². The van der Waals surface area contributed by atoms with Crippen LogP contribution >= 0.6 is 0 Å². The maximum atomic E-state index is 10.9. The zero-order valence-corrected chi connectivity index (χ0v) is 9.01. The van der Waals surface area contributed by atoms with Crippen molar-refractivity contribution < 1.29 is 9.32 Å². The van der Waals surface area contributed by atoms with Gasteiger partial charge in [0.05, 0.1) is 12.8 Å². The molecule has 1 heterocycles. The molecule has 0 fully saturated rings. The normalized spacial score (nSPS) is 10.3. The number of carbonyl (C=O) groups is 1. The molecule has 16 heavy (non-hydrogen) atoms. The Bertz CT molecular complexity index is 477. The molecule has 0 bridgehead atoms. The molecule has 0 amide bonds. The van der Waals surface area contributed by atoms with Gasteiger partial charge in [0, 0.05) is 0 Å². The average molecular weight is 216 g/mol. The maximum Gasteiger partial charge on any atom is 0.231 e. The Morgan fingerprint density at radius 2 is 2.06 bits per heavy atom. The third-order valence-electron chi connectivity index (χ3n) is 2.12. The van der Waals surface area contributed by atoms with Crippen molar-refractivity contribution in [2.45, 2.75) is 19.8 Å². The van der Waals surface area contributed by atoms with Gasteiger partial charge < -0.3 is 4.52 Å². The predicted octanol–water partition coefficient (Wildman–Crippen LogP) is 1.79. The van der Waals surface area contributed by atoms with Gasteiger partial charge in [-0.15, -0.1) is 0 Å². The van der Waals surface area contributed by atoms with Crippen LogP contribution in [-0.4, -0.2) is 15.9 Å². The number of hydrogen-bond acceptors (Lipinski definition) is 4. The number of ketones is 1. The van der Waals surface area contributed by atoms with Crippen molar-refractivity contribution in [3.05, 3.63) is 47.6 Å². The monoisotopic (exact) mass is 216 g/mol. The standard InChI is InChI=1S/C12H12N2O2/c1-9(15)7-11-13-12(16-14-11)8-10-5-3-2-4-6-10/h2-6H,7-8H2,1H3. The number of rotatable bonds is 4. The van der Waals surface area contributed by atoms with Gasteiger partial charge in [0.25, 0.3) is 0 Å². The van der Waals surface area contributed by atoms with Gasteiger partial charge in [-0.25, -0.2) is 0 Å². The molecule has 0 atom stereocenters. The summed E-state index contributed by atoms with van der Waals surface area (Å²) in [6.07, 6.45) is 0.837. The maximum absolute atomic E-state index is 10.9. The van der Waals surface area contributed by atoms with E-state index in [1.165, 1.54) is 6.92 Å². The fourth-order valence-electron chi connectivity index (χ4n) is 1.43. The zero-order valence-electron chi connectivity index (χ0n) is 9.01. The predicted molar refractivity (Wildman–Crippen MR) is 57.9 cm³/mol. The molecule has 2 aromatic rings. The summed E-state index contributed by atoms with van der Waals surface area (Å²) in [5.74, 6) is 1.04. The largest absolute Gasteiger partial charge is 0.339 e. The molecule has 0 aliphatic rings. The zero-order chi connectivity index (χ0) is 11.4. The molecule has 82 valence electrons. The van der Waals surface area contributed by atoms with Gasteiger partial charge >= 0.3 is 0 Å². The second-order valence-electron chi connectivity index (χ2n) is 3.65. The first-order chi connectivity index (χ1) is 7.74. The summed E-state index contributed by atoms with van der Waals surface area (Å²) in [7, 11) is 0. The second kappa shape index (κ2) is 4.70. The molecular weight excluding hydrogens is 204 g/mol. The van der Waals surface area contributed by atoms with Crippen molar-refractivity contribution >= 4 is 5.78 Å². The van der Waals surface area contributed by atoms with Crippen LogP contribution in [0, 0.1) is 0 Å². The van der Waals surface area contributed by atoms with E-state index in [1.54, 1.807) is 0 Å². The van der Waals surface area contributed by atoms with E-state index in [1.807, 2.05) is 30.3 Å². The van der Waals surface area contributed by atoms with E-state index in [0.717, 1.165) is 5.56 Å². The summed E-state index contributed by atoms with van der Waals surface area (Å²) in [5, 5.41) is 3.75. The first-order valence-corrected chi connectivity index (χ1v) is 5.09. The molecule has 1 aromatic heterocycles. The molecule has 0 unspecified atom stereocenters. The van der Waals surface area contributed by atoms with Gasteiger partial charge in [-0.2, -0.15) is 4.98 Å². The highest BCUT2D eigenvalue weighted by Gasteiger charge is 2.08. The Kier molecular flexibility index (Phi) is 3.10. The summed E-state index contributed by atoms with van der Waals surface area (Å²) < 4.78 is 5.06.